The van der Waals surface area contributed by atoms with E-state index in [0.29, 0.717) is 22.8 Å². The Morgan fingerprint density at radius 2 is 2.03 bits per heavy atom. The van der Waals surface area contributed by atoms with Crippen molar-refractivity contribution in [3.8, 4) is 17.0 Å². The number of aromatic amines is 1. The van der Waals surface area contributed by atoms with E-state index in [1.807, 2.05) is 18.2 Å². The molecule has 0 radical (unpaired) electrons. The van der Waals surface area contributed by atoms with Crippen LogP contribution in [-0.4, -0.2) is 48.9 Å². The molecule has 1 saturated heterocycles. The molecular formula is C21H19N5O3. The predicted molar refractivity (Wildman–Crippen MR) is 109 cm³/mol. The maximum atomic E-state index is 11.4. The zero-order valence-corrected chi connectivity index (χ0v) is 15.8. The van der Waals surface area contributed by atoms with E-state index in [4.69, 9.17) is 9.97 Å². The molecule has 0 amide bonds. The summed E-state index contributed by atoms with van der Waals surface area (Å²) in [5.74, 6) is -0.790. The first-order chi connectivity index (χ1) is 14.0. The maximum Gasteiger partial charge on any atom is 0.339 e. The Bertz CT molecular complexity index is 1270. The molecule has 29 heavy (non-hydrogen) atoms. The molecule has 2 aromatic carbocycles. The number of H-pyrrole nitrogens is 1. The van der Waals surface area contributed by atoms with E-state index in [1.54, 1.807) is 6.20 Å². The van der Waals surface area contributed by atoms with Gasteiger partial charge in [-0.1, -0.05) is 6.07 Å². The second kappa shape index (κ2) is 6.44. The standard InChI is InChI=1S/C21H19N5O3/c1-11-3-2-6-26(11)20-19(12-4-5-15-13(7-12)10-22-25-15)23-17-9-18(27)14(21(28)29)8-16(17)24-20/h4-5,7-11,27H,2-3,6H2,1H3,(H,22,25)(H,28,29)/t11-/m0/s1. The average Bonchev–Trinajstić information content (AvgIpc) is 3.34. The van der Waals surface area contributed by atoms with Gasteiger partial charge in [-0.25, -0.2) is 14.8 Å². The van der Waals surface area contributed by atoms with E-state index in [-0.39, 0.29) is 11.3 Å². The number of carbonyl (C=O) groups is 1. The average molecular weight is 389 g/mol. The molecule has 3 heterocycles. The molecule has 0 saturated carbocycles. The van der Waals surface area contributed by atoms with Gasteiger partial charge < -0.3 is 15.1 Å². The Hall–Kier alpha value is -3.68. The molecule has 1 atom stereocenters. The van der Waals surface area contributed by atoms with Crippen molar-refractivity contribution >= 4 is 33.7 Å². The van der Waals surface area contributed by atoms with Gasteiger partial charge in [-0.15, -0.1) is 0 Å². The van der Waals surface area contributed by atoms with Gasteiger partial charge in [0.1, 0.15) is 17.0 Å². The number of carboxylic acids is 1. The molecule has 1 aliphatic heterocycles. The lowest BCUT2D eigenvalue weighted by Crippen LogP contribution is -2.28. The monoisotopic (exact) mass is 389 g/mol. The lowest BCUT2D eigenvalue weighted by Gasteiger charge is -2.25. The number of fused-ring (bicyclic) bond motifs is 2. The van der Waals surface area contributed by atoms with Gasteiger partial charge in [-0.05, 0) is 38.0 Å². The Labute approximate surface area is 165 Å². The van der Waals surface area contributed by atoms with Crippen LogP contribution in [0.2, 0.25) is 0 Å². The third kappa shape index (κ3) is 2.84. The lowest BCUT2D eigenvalue weighted by atomic mass is 10.1. The van der Waals surface area contributed by atoms with Crippen LogP contribution in [0.5, 0.6) is 5.75 Å². The highest BCUT2D eigenvalue weighted by atomic mass is 16.4. The summed E-state index contributed by atoms with van der Waals surface area (Å²) in [6.45, 7) is 3.02. The summed E-state index contributed by atoms with van der Waals surface area (Å²) in [4.78, 5) is 23.2. The van der Waals surface area contributed by atoms with Gasteiger partial charge in [0.2, 0.25) is 0 Å². The van der Waals surface area contributed by atoms with E-state index < -0.39 is 5.97 Å². The fourth-order valence-corrected chi connectivity index (χ4v) is 3.99. The molecule has 0 unspecified atom stereocenters. The zero-order valence-electron chi connectivity index (χ0n) is 15.8. The van der Waals surface area contributed by atoms with Gasteiger partial charge in [0, 0.05) is 29.6 Å². The van der Waals surface area contributed by atoms with E-state index in [1.165, 1.54) is 12.1 Å². The zero-order chi connectivity index (χ0) is 20.1. The van der Waals surface area contributed by atoms with Gasteiger partial charge in [-0.2, -0.15) is 5.10 Å². The fraction of sp³-hybridized carbons (Fsp3) is 0.238. The van der Waals surface area contributed by atoms with Crippen LogP contribution in [0.1, 0.15) is 30.1 Å². The molecular weight excluding hydrogens is 370 g/mol. The first-order valence-electron chi connectivity index (χ1n) is 9.49. The molecule has 0 spiro atoms. The number of hydrogen-bond donors (Lipinski definition) is 3. The number of aromatic carboxylic acids is 1. The minimum atomic E-state index is -1.20. The van der Waals surface area contributed by atoms with Crippen LogP contribution in [0.15, 0.2) is 36.5 Å². The van der Waals surface area contributed by atoms with Crippen LogP contribution in [0.4, 0.5) is 5.82 Å². The van der Waals surface area contributed by atoms with Crippen molar-refractivity contribution in [3.05, 3.63) is 42.1 Å². The Kier molecular flexibility index (Phi) is 3.87. The van der Waals surface area contributed by atoms with Crippen molar-refractivity contribution in [2.24, 2.45) is 0 Å². The minimum Gasteiger partial charge on any atom is -0.507 e. The van der Waals surface area contributed by atoms with Crippen molar-refractivity contribution in [3.63, 3.8) is 0 Å². The molecule has 2 aromatic heterocycles. The molecule has 3 N–H and O–H groups in total. The van der Waals surface area contributed by atoms with E-state index in [9.17, 15) is 15.0 Å². The number of hydrogen-bond acceptors (Lipinski definition) is 6. The maximum absolute atomic E-state index is 11.4. The normalized spacial score (nSPS) is 16.7. The number of carboxylic acid groups (broad SMARTS) is 1. The third-order valence-corrected chi connectivity index (χ3v) is 5.53. The number of nitrogens with zero attached hydrogens (tertiary/aromatic N) is 4. The number of phenols is 1. The summed E-state index contributed by atoms with van der Waals surface area (Å²) in [5.41, 5.74) is 3.25. The van der Waals surface area contributed by atoms with Crippen LogP contribution < -0.4 is 4.90 Å². The van der Waals surface area contributed by atoms with Crippen molar-refractivity contribution in [2.75, 3.05) is 11.4 Å². The van der Waals surface area contributed by atoms with Gasteiger partial charge >= 0.3 is 5.97 Å². The summed E-state index contributed by atoms with van der Waals surface area (Å²) < 4.78 is 0. The molecule has 146 valence electrons. The van der Waals surface area contributed by atoms with Crippen LogP contribution >= 0.6 is 0 Å². The number of benzene rings is 2. The predicted octanol–water partition coefficient (Wildman–Crippen LogP) is 3.57. The highest BCUT2D eigenvalue weighted by molar-refractivity contribution is 5.97. The van der Waals surface area contributed by atoms with Crippen molar-refractivity contribution in [2.45, 2.75) is 25.8 Å². The van der Waals surface area contributed by atoms with E-state index >= 15 is 0 Å². The molecule has 8 heteroatoms. The Morgan fingerprint density at radius 1 is 1.21 bits per heavy atom. The molecule has 5 rings (SSSR count). The molecule has 1 fully saturated rings. The Balaban J connectivity index is 1.77. The number of rotatable bonds is 3. The van der Waals surface area contributed by atoms with Gasteiger partial charge in [0.05, 0.1) is 22.7 Å². The lowest BCUT2D eigenvalue weighted by molar-refractivity contribution is 0.0694. The van der Waals surface area contributed by atoms with Crippen molar-refractivity contribution in [1.82, 2.24) is 20.2 Å². The minimum absolute atomic E-state index is 0.181. The van der Waals surface area contributed by atoms with Crippen molar-refractivity contribution < 1.29 is 15.0 Å². The van der Waals surface area contributed by atoms with Crippen LogP contribution in [0.3, 0.4) is 0 Å². The topological polar surface area (TPSA) is 115 Å². The first-order valence-corrected chi connectivity index (χ1v) is 9.49. The smallest absolute Gasteiger partial charge is 0.339 e. The number of anilines is 1. The second-order valence-electron chi connectivity index (χ2n) is 7.42. The van der Waals surface area contributed by atoms with Gasteiger partial charge in [0.25, 0.3) is 0 Å². The highest BCUT2D eigenvalue weighted by Gasteiger charge is 2.26. The summed E-state index contributed by atoms with van der Waals surface area (Å²) in [6.07, 6.45) is 3.89. The summed E-state index contributed by atoms with van der Waals surface area (Å²) in [7, 11) is 0. The van der Waals surface area contributed by atoms with E-state index in [0.717, 1.165) is 41.7 Å². The Morgan fingerprint density at radius 3 is 2.79 bits per heavy atom. The molecule has 8 nitrogen and oxygen atoms in total. The summed E-state index contributed by atoms with van der Waals surface area (Å²) in [5, 5.41) is 27.4. The fourth-order valence-electron chi connectivity index (χ4n) is 3.99. The number of aromatic nitrogens is 4. The molecule has 0 aliphatic carbocycles. The highest BCUT2D eigenvalue weighted by Crippen LogP contribution is 2.36. The van der Waals surface area contributed by atoms with Crippen LogP contribution in [0, 0.1) is 0 Å². The van der Waals surface area contributed by atoms with Gasteiger partial charge in [0.15, 0.2) is 5.82 Å². The first kappa shape index (κ1) is 17.4. The van der Waals surface area contributed by atoms with E-state index in [2.05, 4.69) is 22.0 Å². The van der Waals surface area contributed by atoms with Crippen LogP contribution in [-0.2, 0) is 0 Å². The summed E-state index contributed by atoms with van der Waals surface area (Å²) in [6, 6.07) is 8.98. The largest absolute Gasteiger partial charge is 0.507 e. The number of nitrogens with one attached hydrogen (secondary N) is 1. The quantitative estimate of drug-likeness (QED) is 0.491. The van der Waals surface area contributed by atoms with Gasteiger partial charge in [-0.3, -0.25) is 5.10 Å². The summed E-state index contributed by atoms with van der Waals surface area (Å²) >= 11 is 0. The molecule has 0 bridgehead atoms. The molecule has 1 aliphatic rings. The SMILES string of the molecule is C[C@H]1CCCN1c1nc2cc(C(=O)O)c(O)cc2nc1-c1ccc2[nH]ncc2c1. The van der Waals surface area contributed by atoms with Crippen LogP contribution in [0.25, 0.3) is 33.2 Å². The second-order valence-corrected chi connectivity index (χ2v) is 7.42. The third-order valence-electron chi connectivity index (χ3n) is 5.53. The number of aromatic hydroxyl groups is 1. The van der Waals surface area contributed by atoms with Crippen molar-refractivity contribution in [1.29, 1.82) is 0 Å². The molecule has 4 aromatic rings.